The summed E-state index contributed by atoms with van der Waals surface area (Å²) in [6, 6.07) is 5.06. The molecule has 0 aliphatic carbocycles. The summed E-state index contributed by atoms with van der Waals surface area (Å²) < 4.78 is 13.6. The predicted molar refractivity (Wildman–Crippen MR) is 64.2 cm³/mol. The Bertz CT molecular complexity index is 535. The van der Waals surface area contributed by atoms with Crippen molar-refractivity contribution in [1.82, 2.24) is 15.3 Å². The molecule has 0 saturated carbocycles. The Morgan fingerprint density at radius 3 is 3.12 bits per heavy atom. The number of nitrogens with zero attached hydrogens (tertiary/aromatic N) is 2. The molecule has 1 saturated heterocycles. The Morgan fingerprint density at radius 2 is 2.29 bits per heavy atom. The molecule has 1 unspecified atom stereocenters. The third-order valence-corrected chi connectivity index (χ3v) is 3.34. The highest BCUT2D eigenvalue weighted by atomic mass is 19.1. The van der Waals surface area contributed by atoms with Crippen LogP contribution in [0.3, 0.4) is 0 Å². The number of halogens is 1. The number of rotatable bonds is 2. The van der Waals surface area contributed by atoms with Crippen LogP contribution in [0, 0.1) is 11.7 Å². The highest BCUT2D eigenvalue weighted by molar-refractivity contribution is 5.81. The van der Waals surface area contributed by atoms with Gasteiger partial charge in [-0.15, -0.1) is 0 Å². The number of benzene rings is 1. The summed E-state index contributed by atoms with van der Waals surface area (Å²) in [6.45, 7) is 2.10. The quantitative estimate of drug-likeness (QED) is 0.858. The highest BCUT2D eigenvalue weighted by Crippen LogP contribution is 2.21. The van der Waals surface area contributed by atoms with Crippen LogP contribution in [0.1, 0.15) is 12.1 Å². The van der Waals surface area contributed by atoms with E-state index in [1.807, 2.05) is 6.07 Å². The maximum absolute atomic E-state index is 13.6. The molecule has 1 N–H and O–H groups in total. The minimum atomic E-state index is -0.268. The van der Waals surface area contributed by atoms with Crippen LogP contribution < -0.4 is 5.32 Å². The molecule has 1 fully saturated rings. The van der Waals surface area contributed by atoms with Gasteiger partial charge in [0.1, 0.15) is 17.7 Å². The normalized spacial score (nSPS) is 19.9. The van der Waals surface area contributed by atoms with Crippen molar-refractivity contribution in [3.63, 3.8) is 0 Å². The number of fused-ring (bicyclic) bond motifs is 1. The van der Waals surface area contributed by atoms with Crippen molar-refractivity contribution in [2.24, 2.45) is 5.92 Å². The molecule has 2 heterocycles. The molecule has 0 radical (unpaired) electrons. The zero-order valence-electron chi connectivity index (χ0n) is 9.49. The van der Waals surface area contributed by atoms with E-state index >= 15 is 0 Å². The molecule has 1 aliphatic rings. The highest BCUT2D eigenvalue weighted by Gasteiger charge is 2.17. The summed E-state index contributed by atoms with van der Waals surface area (Å²) in [6.07, 6.45) is 3.53. The van der Waals surface area contributed by atoms with E-state index in [0.717, 1.165) is 30.6 Å². The fraction of sp³-hybridized carbons (Fsp3) is 0.385. The van der Waals surface area contributed by atoms with E-state index in [1.165, 1.54) is 18.8 Å². The second-order valence-electron chi connectivity index (χ2n) is 4.52. The van der Waals surface area contributed by atoms with Gasteiger partial charge < -0.3 is 5.32 Å². The fourth-order valence-electron chi connectivity index (χ4n) is 2.43. The van der Waals surface area contributed by atoms with Crippen molar-refractivity contribution < 1.29 is 4.39 Å². The minimum absolute atomic E-state index is 0.268. The average molecular weight is 231 g/mol. The lowest BCUT2D eigenvalue weighted by Gasteiger charge is -2.09. The first-order valence-corrected chi connectivity index (χ1v) is 5.93. The third kappa shape index (κ3) is 2.00. The second-order valence-corrected chi connectivity index (χ2v) is 4.52. The summed E-state index contributed by atoms with van der Waals surface area (Å²) in [7, 11) is 0. The first-order valence-electron chi connectivity index (χ1n) is 5.93. The summed E-state index contributed by atoms with van der Waals surface area (Å²) in [5.74, 6) is 0.340. The fourth-order valence-corrected chi connectivity index (χ4v) is 2.43. The maximum atomic E-state index is 13.6. The topological polar surface area (TPSA) is 37.8 Å². The number of hydrogen-bond donors (Lipinski definition) is 1. The van der Waals surface area contributed by atoms with Crippen LogP contribution in [0.4, 0.5) is 4.39 Å². The standard InChI is InChI=1S/C13H14FN3/c14-11-3-1-2-10-12(16-8-17-13(10)11)6-9-4-5-15-7-9/h1-3,8-9,15H,4-7H2. The van der Waals surface area contributed by atoms with Crippen LogP contribution in [0.25, 0.3) is 10.9 Å². The molecule has 4 heteroatoms. The average Bonchev–Trinajstić information content (AvgIpc) is 2.83. The van der Waals surface area contributed by atoms with E-state index in [4.69, 9.17) is 0 Å². The number of nitrogens with one attached hydrogen (secondary N) is 1. The molecule has 3 nitrogen and oxygen atoms in total. The van der Waals surface area contributed by atoms with Crippen LogP contribution >= 0.6 is 0 Å². The van der Waals surface area contributed by atoms with Gasteiger partial charge in [-0.3, -0.25) is 0 Å². The Balaban J connectivity index is 2.01. The SMILES string of the molecule is Fc1cccc2c(CC3CCNC3)ncnc12. The zero-order chi connectivity index (χ0) is 11.7. The number of para-hydroxylation sites is 1. The molecule has 1 atom stereocenters. The van der Waals surface area contributed by atoms with Gasteiger partial charge in [-0.05, 0) is 37.9 Å². The van der Waals surface area contributed by atoms with Gasteiger partial charge in [-0.25, -0.2) is 14.4 Å². The van der Waals surface area contributed by atoms with Gasteiger partial charge in [0.2, 0.25) is 0 Å². The molecule has 1 aromatic heterocycles. The Kier molecular flexibility index (Phi) is 2.73. The van der Waals surface area contributed by atoms with Gasteiger partial charge in [0.25, 0.3) is 0 Å². The molecule has 2 aromatic rings. The minimum Gasteiger partial charge on any atom is -0.316 e. The van der Waals surface area contributed by atoms with Crippen LogP contribution in [0.2, 0.25) is 0 Å². The largest absolute Gasteiger partial charge is 0.316 e. The van der Waals surface area contributed by atoms with Gasteiger partial charge >= 0.3 is 0 Å². The van der Waals surface area contributed by atoms with Crippen molar-refractivity contribution >= 4 is 10.9 Å². The molecular formula is C13H14FN3. The first kappa shape index (κ1) is 10.6. The lowest BCUT2D eigenvalue weighted by Crippen LogP contribution is -2.11. The smallest absolute Gasteiger partial charge is 0.149 e. The monoisotopic (exact) mass is 231 g/mol. The van der Waals surface area contributed by atoms with E-state index < -0.39 is 0 Å². The summed E-state index contributed by atoms with van der Waals surface area (Å²) in [4.78, 5) is 8.32. The second kappa shape index (κ2) is 4.37. The lowest BCUT2D eigenvalue weighted by atomic mass is 10.00. The molecular weight excluding hydrogens is 217 g/mol. The molecule has 0 bridgehead atoms. The van der Waals surface area contributed by atoms with Crippen molar-refractivity contribution in [3.05, 3.63) is 36.0 Å². The van der Waals surface area contributed by atoms with E-state index in [-0.39, 0.29) is 5.82 Å². The van der Waals surface area contributed by atoms with E-state index in [2.05, 4.69) is 15.3 Å². The molecule has 0 amide bonds. The van der Waals surface area contributed by atoms with Crippen LogP contribution in [-0.4, -0.2) is 23.1 Å². The Hall–Kier alpha value is -1.55. The number of hydrogen-bond acceptors (Lipinski definition) is 3. The molecule has 17 heavy (non-hydrogen) atoms. The van der Waals surface area contributed by atoms with E-state index in [9.17, 15) is 4.39 Å². The molecule has 3 rings (SSSR count). The van der Waals surface area contributed by atoms with Crippen molar-refractivity contribution in [2.75, 3.05) is 13.1 Å². The Morgan fingerprint density at radius 1 is 1.35 bits per heavy atom. The van der Waals surface area contributed by atoms with Crippen molar-refractivity contribution in [2.45, 2.75) is 12.8 Å². The Labute approximate surface area is 99.1 Å². The third-order valence-electron chi connectivity index (χ3n) is 3.34. The van der Waals surface area contributed by atoms with Crippen LogP contribution in [-0.2, 0) is 6.42 Å². The molecule has 1 aliphatic heterocycles. The summed E-state index contributed by atoms with van der Waals surface area (Å²) in [5.41, 5.74) is 1.40. The van der Waals surface area contributed by atoms with Crippen LogP contribution in [0.15, 0.2) is 24.5 Å². The van der Waals surface area contributed by atoms with E-state index in [1.54, 1.807) is 6.07 Å². The summed E-state index contributed by atoms with van der Waals surface area (Å²) >= 11 is 0. The van der Waals surface area contributed by atoms with Crippen molar-refractivity contribution in [1.29, 1.82) is 0 Å². The maximum Gasteiger partial charge on any atom is 0.149 e. The van der Waals surface area contributed by atoms with Gasteiger partial charge in [-0.2, -0.15) is 0 Å². The van der Waals surface area contributed by atoms with Gasteiger partial charge in [-0.1, -0.05) is 12.1 Å². The zero-order valence-corrected chi connectivity index (χ0v) is 9.49. The van der Waals surface area contributed by atoms with E-state index in [0.29, 0.717) is 11.4 Å². The number of aromatic nitrogens is 2. The lowest BCUT2D eigenvalue weighted by molar-refractivity contribution is 0.573. The first-order chi connectivity index (χ1) is 8.34. The molecule has 1 aromatic carbocycles. The van der Waals surface area contributed by atoms with Crippen molar-refractivity contribution in [3.8, 4) is 0 Å². The summed E-state index contributed by atoms with van der Waals surface area (Å²) in [5, 5.41) is 4.18. The predicted octanol–water partition coefficient (Wildman–Crippen LogP) is 1.92. The van der Waals surface area contributed by atoms with Gasteiger partial charge in [0, 0.05) is 5.39 Å². The van der Waals surface area contributed by atoms with Gasteiger partial charge in [0.15, 0.2) is 0 Å². The van der Waals surface area contributed by atoms with Gasteiger partial charge in [0.05, 0.1) is 5.69 Å². The molecule has 0 spiro atoms. The molecule has 88 valence electrons. The van der Waals surface area contributed by atoms with Crippen LogP contribution in [0.5, 0.6) is 0 Å².